The van der Waals surface area contributed by atoms with Gasteiger partial charge in [-0.05, 0) is 0 Å². The molecule has 1 aromatic heterocycles. The molecule has 1 aliphatic rings. The number of nitrogens with zero attached hydrogens (tertiary/aromatic N) is 1. The van der Waals surface area contributed by atoms with Crippen LogP contribution in [0.4, 0.5) is 0 Å². The Bertz CT molecular complexity index is 526. The average Bonchev–Trinajstić information content (AvgIpc) is 2.66. The summed E-state index contributed by atoms with van der Waals surface area (Å²) < 4.78 is 5.29. The van der Waals surface area contributed by atoms with Crippen LogP contribution in [0.2, 0.25) is 0 Å². The first kappa shape index (κ1) is 15.5. The second-order valence-electron chi connectivity index (χ2n) is 5.93. The highest BCUT2D eigenvalue weighted by atomic mass is 32.2. The van der Waals surface area contributed by atoms with Gasteiger partial charge in [-0.15, -0.1) is 0 Å². The van der Waals surface area contributed by atoms with Crippen molar-refractivity contribution in [3.8, 4) is 0 Å². The number of aliphatic hydroxyl groups excluding tert-OH is 2. The molecule has 0 bridgehead atoms. The molecular formula is C13H20N2O4S. The summed E-state index contributed by atoms with van der Waals surface area (Å²) >= 11 is 1.31. The molecule has 2 rings (SSSR count). The van der Waals surface area contributed by atoms with Crippen LogP contribution in [0.3, 0.4) is 0 Å². The summed E-state index contributed by atoms with van der Waals surface area (Å²) in [5, 5.41) is 19.6. The monoisotopic (exact) mass is 300 g/mol. The Labute approximate surface area is 121 Å². The molecule has 0 radical (unpaired) electrons. The summed E-state index contributed by atoms with van der Waals surface area (Å²) in [6.07, 6.45) is -2.17. The summed E-state index contributed by atoms with van der Waals surface area (Å²) in [6.45, 7) is 6.11. The molecule has 3 N–H and O–H groups in total. The van der Waals surface area contributed by atoms with Gasteiger partial charge in [0, 0.05) is 17.2 Å². The number of aliphatic hydroxyl groups is 2. The Morgan fingerprint density at radius 1 is 1.50 bits per heavy atom. The minimum Gasteiger partial charge on any atom is -0.388 e. The number of thioether (sulfide) groups is 1. The van der Waals surface area contributed by atoms with Crippen LogP contribution in [0.1, 0.15) is 26.5 Å². The van der Waals surface area contributed by atoms with Crippen molar-refractivity contribution in [2.45, 2.75) is 49.7 Å². The third kappa shape index (κ3) is 3.60. The second-order valence-corrected chi connectivity index (χ2v) is 6.94. The summed E-state index contributed by atoms with van der Waals surface area (Å²) in [6, 6.07) is 1.49. The number of ether oxygens (including phenoxy) is 1. The van der Waals surface area contributed by atoms with Gasteiger partial charge in [0.2, 0.25) is 0 Å². The molecule has 1 fully saturated rings. The van der Waals surface area contributed by atoms with E-state index in [-0.39, 0.29) is 17.6 Å². The van der Waals surface area contributed by atoms with E-state index in [2.05, 4.69) is 9.97 Å². The number of rotatable bonds is 3. The molecule has 0 aliphatic carbocycles. The van der Waals surface area contributed by atoms with E-state index in [1.54, 1.807) is 0 Å². The summed E-state index contributed by atoms with van der Waals surface area (Å²) in [5.41, 5.74) is 0.320. The lowest BCUT2D eigenvalue weighted by Crippen LogP contribution is -2.31. The molecule has 7 heteroatoms. The Hall–Kier alpha value is -0.890. The normalized spacial score (nSPS) is 26.9. The maximum Gasteiger partial charge on any atom is 0.251 e. The molecule has 0 saturated carbocycles. The zero-order valence-electron chi connectivity index (χ0n) is 11.8. The smallest absolute Gasteiger partial charge is 0.251 e. The van der Waals surface area contributed by atoms with Crippen molar-refractivity contribution < 1.29 is 14.9 Å². The number of H-pyrrole nitrogens is 1. The third-order valence-corrected chi connectivity index (χ3v) is 4.09. The maximum absolute atomic E-state index is 11.6. The first-order chi connectivity index (χ1) is 9.27. The highest BCUT2D eigenvalue weighted by Gasteiger charge is 2.34. The molecule has 1 aliphatic heterocycles. The van der Waals surface area contributed by atoms with Crippen LogP contribution >= 0.6 is 11.8 Å². The van der Waals surface area contributed by atoms with Crippen molar-refractivity contribution in [3.63, 3.8) is 0 Å². The van der Waals surface area contributed by atoms with E-state index in [0.29, 0.717) is 10.9 Å². The second kappa shape index (κ2) is 5.85. The lowest BCUT2D eigenvalue weighted by molar-refractivity contribution is 0.0337. The fourth-order valence-corrected chi connectivity index (χ4v) is 2.81. The van der Waals surface area contributed by atoms with E-state index in [1.165, 1.54) is 17.8 Å². The summed E-state index contributed by atoms with van der Waals surface area (Å²) in [4.78, 5) is 18.7. The molecule has 2 heterocycles. The van der Waals surface area contributed by atoms with Crippen molar-refractivity contribution in [1.82, 2.24) is 9.97 Å². The van der Waals surface area contributed by atoms with Crippen molar-refractivity contribution in [3.05, 3.63) is 22.1 Å². The van der Waals surface area contributed by atoms with Gasteiger partial charge in [0.25, 0.3) is 5.56 Å². The van der Waals surface area contributed by atoms with Crippen LogP contribution in [0, 0.1) is 0 Å². The van der Waals surface area contributed by atoms with E-state index >= 15 is 0 Å². The molecule has 20 heavy (non-hydrogen) atoms. The van der Waals surface area contributed by atoms with Crippen LogP contribution in [0.5, 0.6) is 0 Å². The fourth-order valence-electron chi connectivity index (χ4n) is 1.86. The molecule has 0 amide bonds. The Kier molecular flexibility index (Phi) is 4.53. The highest BCUT2D eigenvalue weighted by molar-refractivity contribution is 7.99. The Morgan fingerprint density at radius 2 is 2.20 bits per heavy atom. The van der Waals surface area contributed by atoms with Gasteiger partial charge in [0.1, 0.15) is 12.2 Å². The van der Waals surface area contributed by atoms with Crippen molar-refractivity contribution >= 4 is 11.8 Å². The molecule has 0 spiro atoms. The van der Waals surface area contributed by atoms with E-state index < -0.39 is 18.3 Å². The predicted molar refractivity (Wildman–Crippen MR) is 76.0 cm³/mol. The van der Waals surface area contributed by atoms with Crippen molar-refractivity contribution in [1.29, 1.82) is 0 Å². The van der Waals surface area contributed by atoms with Crippen LogP contribution in [0.15, 0.2) is 16.0 Å². The zero-order chi connectivity index (χ0) is 14.9. The van der Waals surface area contributed by atoms with Crippen LogP contribution in [-0.2, 0) is 10.2 Å². The van der Waals surface area contributed by atoms with E-state index in [4.69, 9.17) is 4.74 Å². The predicted octanol–water partition coefficient (Wildman–Crippen LogP) is 0.280. The van der Waals surface area contributed by atoms with Crippen LogP contribution in [-0.4, -0.2) is 50.9 Å². The van der Waals surface area contributed by atoms with Gasteiger partial charge in [0.15, 0.2) is 5.16 Å². The minimum absolute atomic E-state index is 0.137. The van der Waals surface area contributed by atoms with Gasteiger partial charge >= 0.3 is 0 Å². The third-order valence-electron chi connectivity index (χ3n) is 3.13. The molecule has 1 aromatic rings. The van der Waals surface area contributed by atoms with E-state index in [9.17, 15) is 15.0 Å². The van der Waals surface area contributed by atoms with Gasteiger partial charge in [-0.25, -0.2) is 4.98 Å². The largest absolute Gasteiger partial charge is 0.388 e. The molecule has 6 nitrogen and oxygen atoms in total. The SMILES string of the molecule is CC(C)(C)c1cc(=O)[nH]c(SCC2OCC(O)C2O)n1. The van der Waals surface area contributed by atoms with Crippen LogP contribution < -0.4 is 5.56 Å². The van der Waals surface area contributed by atoms with E-state index in [0.717, 1.165) is 5.69 Å². The van der Waals surface area contributed by atoms with Gasteiger partial charge in [0.05, 0.1) is 18.4 Å². The number of aromatic amines is 1. The standard InChI is InChI=1S/C13H20N2O4S/c1-13(2,3)9-4-10(17)15-12(14-9)20-6-8-11(18)7(16)5-19-8/h4,7-8,11,16,18H,5-6H2,1-3H3,(H,14,15,17). The molecule has 112 valence electrons. The quantitative estimate of drug-likeness (QED) is 0.548. The molecule has 0 aromatic carbocycles. The first-order valence-electron chi connectivity index (χ1n) is 6.50. The minimum atomic E-state index is -0.889. The van der Waals surface area contributed by atoms with Gasteiger partial charge in [-0.1, -0.05) is 32.5 Å². The molecular weight excluding hydrogens is 280 g/mol. The van der Waals surface area contributed by atoms with E-state index in [1.807, 2.05) is 20.8 Å². The van der Waals surface area contributed by atoms with Gasteiger partial charge in [-0.2, -0.15) is 0 Å². The number of hydrogen-bond acceptors (Lipinski definition) is 6. The molecule has 3 atom stereocenters. The highest BCUT2D eigenvalue weighted by Crippen LogP contribution is 2.24. The zero-order valence-corrected chi connectivity index (χ0v) is 12.6. The fraction of sp³-hybridized carbons (Fsp3) is 0.692. The van der Waals surface area contributed by atoms with Crippen LogP contribution in [0.25, 0.3) is 0 Å². The summed E-state index contributed by atoms with van der Waals surface area (Å²) in [5.74, 6) is 0.425. The van der Waals surface area contributed by atoms with Gasteiger partial charge in [-0.3, -0.25) is 4.79 Å². The Balaban J connectivity index is 2.07. The number of nitrogens with one attached hydrogen (secondary N) is 1. The lowest BCUT2D eigenvalue weighted by atomic mass is 9.92. The van der Waals surface area contributed by atoms with Gasteiger partial charge < -0.3 is 19.9 Å². The molecule has 3 unspecified atom stereocenters. The topological polar surface area (TPSA) is 95.4 Å². The first-order valence-corrected chi connectivity index (χ1v) is 7.48. The Morgan fingerprint density at radius 3 is 2.75 bits per heavy atom. The lowest BCUT2D eigenvalue weighted by Gasteiger charge is -2.18. The maximum atomic E-state index is 11.6. The average molecular weight is 300 g/mol. The number of hydrogen-bond donors (Lipinski definition) is 3. The summed E-state index contributed by atoms with van der Waals surface area (Å²) in [7, 11) is 0. The van der Waals surface area contributed by atoms with Crippen molar-refractivity contribution in [2.75, 3.05) is 12.4 Å². The van der Waals surface area contributed by atoms with Crippen molar-refractivity contribution in [2.24, 2.45) is 0 Å². The molecule has 1 saturated heterocycles. The number of aromatic nitrogens is 2.